The summed E-state index contributed by atoms with van der Waals surface area (Å²) >= 11 is 0. The number of carboxylic acid groups (broad SMARTS) is 1. The van der Waals surface area contributed by atoms with E-state index in [0.717, 1.165) is 5.56 Å². The number of piperazine rings is 1. The van der Waals surface area contributed by atoms with Crippen LogP contribution in [0.2, 0.25) is 0 Å². The van der Waals surface area contributed by atoms with Crippen molar-refractivity contribution in [1.82, 2.24) is 14.7 Å². The van der Waals surface area contributed by atoms with Crippen LogP contribution in [0.3, 0.4) is 0 Å². The van der Waals surface area contributed by atoms with Gasteiger partial charge in [-0.25, -0.2) is 9.18 Å². The monoisotopic (exact) mass is 425 g/mol. The molecule has 0 radical (unpaired) electrons. The molecule has 3 rings (SSSR count). The van der Waals surface area contributed by atoms with E-state index < -0.39 is 29.1 Å². The van der Waals surface area contributed by atoms with Gasteiger partial charge < -0.3 is 14.9 Å². The molecule has 0 aromatic heterocycles. The Morgan fingerprint density at radius 2 is 2.10 bits per heavy atom. The van der Waals surface area contributed by atoms with Gasteiger partial charge in [-0.3, -0.25) is 18.7 Å². The summed E-state index contributed by atoms with van der Waals surface area (Å²) in [5.74, 6) is -0.685. The highest BCUT2D eigenvalue weighted by atomic mass is 32.2. The molecule has 0 bridgehead atoms. The highest BCUT2D eigenvalue weighted by molar-refractivity contribution is 7.84. The SMILES string of the molecule is CS(=O)CC[C@H]1C(=O)N(CCc2cccc(F)c2)C[C@@H]2N(C(=O)O)CCC(=O)N21. The van der Waals surface area contributed by atoms with Crippen LogP contribution in [0.1, 0.15) is 18.4 Å². The Morgan fingerprint density at radius 1 is 1.34 bits per heavy atom. The third-order valence-corrected chi connectivity index (χ3v) is 6.15. The fourth-order valence-electron chi connectivity index (χ4n) is 3.92. The van der Waals surface area contributed by atoms with Gasteiger partial charge in [-0.15, -0.1) is 0 Å². The van der Waals surface area contributed by atoms with Crippen LogP contribution in [-0.2, 0) is 26.8 Å². The smallest absolute Gasteiger partial charge is 0.409 e. The van der Waals surface area contributed by atoms with Crippen molar-refractivity contribution < 1.29 is 28.1 Å². The van der Waals surface area contributed by atoms with Crippen molar-refractivity contribution in [2.45, 2.75) is 31.5 Å². The minimum atomic E-state index is -1.15. The summed E-state index contributed by atoms with van der Waals surface area (Å²) in [6.07, 6.45) is 0.232. The van der Waals surface area contributed by atoms with E-state index in [4.69, 9.17) is 0 Å². The van der Waals surface area contributed by atoms with Gasteiger partial charge in [-0.1, -0.05) is 12.1 Å². The summed E-state index contributed by atoms with van der Waals surface area (Å²) in [6, 6.07) is 5.24. The molecule has 0 spiro atoms. The van der Waals surface area contributed by atoms with E-state index in [-0.39, 0.29) is 55.9 Å². The van der Waals surface area contributed by atoms with Crippen molar-refractivity contribution in [3.63, 3.8) is 0 Å². The van der Waals surface area contributed by atoms with Crippen LogP contribution in [0.25, 0.3) is 0 Å². The number of halogens is 1. The van der Waals surface area contributed by atoms with E-state index >= 15 is 0 Å². The number of rotatable bonds is 6. The summed E-state index contributed by atoms with van der Waals surface area (Å²) in [4.78, 5) is 41.4. The minimum Gasteiger partial charge on any atom is -0.465 e. The summed E-state index contributed by atoms with van der Waals surface area (Å²) in [7, 11) is -1.15. The minimum absolute atomic E-state index is 0.0189. The Morgan fingerprint density at radius 3 is 2.76 bits per heavy atom. The number of hydrogen-bond acceptors (Lipinski definition) is 4. The molecule has 158 valence electrons. The van der Waals surface area contributed by atoms with Crippen molar-refractivity contribution in [2.24, 2.45) is 0 Å². The quantitative estimate of drug-likeness (QED) is 0.730. The molecule has 2 heterocycles. The van der Waals surface area contributed by atoms with Crippen LogP contribution < -0.4 is 0 Å². The van der Waals surface area contributed by atoms with Crippen molar-refractivity contribution in [1.29, 1.82) is 0 Å². The first-order valence-electron chi connectivity index (χ1n) is 9.42. The predicted molar refractivity (Wildman–Crippen MR) is 104 cm³/mol. The second-order valence-electron chi connectivity index (χ2n) is 7.25. The summed E-state index contributed by atoms with van der Waals surface area (Å²) in [5.41, 5.74) is 0.723. The van der Waals surface area contributed by atoms with Crippen molar-refractivity contribution in [3.05, 3.63) is 35.6 Å². The van der Waals surface area contributed by atoms with Crippen molar-refractivity contribution in [2.75, 3.05) is 31.6 Å². The second kappa shape index (κ2) is 8.89. The molecule has 2 aliphatic rings. The van der Waals surface area contributed by atoms with Gasteiger partial charge in [0.05, 0.1) is 6.54 Å². The maximum Gasteiger partial charge on any atom is 0.409 e. The van der Waals surface area contributed by atoms with E-state index in [1.54, 1.807) is 12.1 Å². The zero-order chi connectivity index (χ0) is 21.1. The van der Waals surface area contributed by atoms with Gasteiger partial charge in [-0.2, -0.15) is 0 Å². The normalized spacial score (nSPS) is 23.2. The first-order chi connectivity index (χ1) is 13.8. The molecule has 3 amide bonds. The van der Waals surface area contributed by atoms with Gasteiger partial charge in [0.2, 0.25) is 11.8 Å². The topological polar surface area (TPSA) is 98.2 Å². The Hall–Kier alpha value is -2.49. The molecule has 0 saturated carbocycles. The Balaban J connectivity index is 1.83. The number of nitrogens with zero attached hydrogens (tertiary/aromatic N) is 3. The lowest BCUT2D eigenvalue weighted by molar-refractivity contribution is -0.167. The number of carbonyl (C=O) groups is 3. The summed E-state index contributed by atoms with van der Waals surface area (Å²) < 4.78 is 25.0. The molecule has 10 heteroatoms. The lowest BCUT2D eigenvalue weighted by atomic mass is 10.0. The summed E-state index contributed by atoms with van der Waals surface area (Å²) in [5, 5.41) is 9.55. The first-order valence-corrected chi connectivity index (χ1v) is 11.1. The molecule has 1 N–H and O–H groups in total. The van der Waals surface area contributed by atoms with Crippen LogP contribution >= 0.6 is 0 Å². The van der Waals surface area contributed by atoms with Crippen LogP contribution in [0.15, 0.2) is 24.3 Å². The van der Waals surface area contributed by atoms with Crippen LogP contribution in [0.4, 0.5) is 9.18 Å². The van der Waals surface area contributed by atoms with Gasteiger partial charge in [0.15, 0.2) is 0 Å². The highest BCUT2D eigenvalue weighted by Crippen LogP contribution is 2.27. The molecule has 29 heavy (non-hydrogen) atoms. The molecule has 1 aromatic carbocycles. The van der Waals surface area contributed by atoms with E-state index in [2.05, 4.69) is 0 Å². The molecule has 8 nitrogen and oxygen atoms in total. The average molecular weight is 425 g/mol. The third kappa shape index (κ3) is 4.75. The lowest BCUT2D eigenvalue weighted by Crippen LogP contribution is -2.71. The van der Waals surface area contributed by atoms with E-state index in [9.17, 15) is 28.1 Å². The largest absolute Gasteiger partial charge is 0.465 e. The number of amides is 3. The van der Waals surface area contributed by atoms with Crippen molar-refractivity contribution >= 4 is 28.7 Å². The molecule has 1 aromatic rings. The first kappa shape index (κ1) is 21.2. The zero-order valence-electron chi connectivity index (χ0n) is 16.1. The maximum absolute atomic E-state index is 13.4. The Labute approximate surface area is 170 Å². The highest BCUT2D eigenvalue weighted by Gasteiger charge is 2.48. The van der Waals surface area contributed by atoms with Gasteiger partial charge in [0, 0.05) is 42.3 Å². The molecule has 2 fully saturated rings. The average Bonchev–Trinajstić information content (AvgIpc) is 2.66. The zero-order valence-corrected chi connectivity index (χ0v) is 16.9. The van der Waals surface area contributed by atoms with E-state index in [1.165, 1.54) is 33.1 Å². The second-order valence-corrected chi connectivity index (χ2v) is 8.81. The van der Waals surface area contributed by atoms with Crippen LogP contribution in [0, 0.1) is 5.82 Å². The van der Waals surface area contributed by atoms with Gasteiger partial charge in [0.25, 0.3) is 0 Å². The molecule has 1 unspecified atom stereocenters. The van der Waals surface area contributed by atoms with Crippen molar-refractivity contribution in [3.8, 4) is 0 Å². The summed E-state index contributed by atoms with van der Waals surface area (Å²) in [6.45, 7) is 0.422. The molecular weight excluding hydrogens is 401 g/mol. The number of benzene rings is 1. The molecule has 2 aliphatic heterocycles. The van der Waals surface area contributed by atoms with E-state index in [0.29, 0.717) is 6.42 Å². The number of hydrogen-bond donors (Lipinski definition) is 1. The van der Waals surface area contributed by atoms with Gasteiger partial charge in [0.1, 0.15) is 18.0 Å². The predicted octanol–water partition coefficient (Wildman–Crippen LogP) is 0.886. The standard InChI is InChI=1S/C19H24FN3O5S/c1-29(28)10-7-15-18(25)21(8-5-13-3-2-4-14(20)11-13)12-16-22(19(26)27)9-6-17(24)23(15)16/h2-4,11,15-16H,5-10,12H2,1H3,(H,26,27)/t15-,16+,29?/m0/s1. The Bertz CT molecular complexity index is 836. The van der Waals surface area contributed by atoms with Crippen LogP contribution in [-0.4, -0.2) is 85.8 Å². The molecule has 2 saturated heterocycles. The molecular formula is C19H24FN3O5S. The van der Waals surface area contributed by atoms with Crippen LogP contribution in [0.5, 0.6) is 0 Å². The Kier molecular flexibility index (Phi) is 6.51. The van der Waals surface area contributed by atoms with E-state index in [1.807, 2.05) is 0 Å². The number of fused-ring (bicyclic) bond motifs is 1. The van der Waals surface area contributed by atoms with Gasteiger partial charge in [-0.05, 0) is 30.5 Å². The fourth-order valence-corrected chi connectivity index (χ4v) is 4.47. The number of carbonyl (C=O) groups excluding carboxylic acids is 2. The maximum atomic E-state index is 13.4. The fraction of sp³-hybridized carbons (Fsp3) is 0.526. The van der Waals surface area contributed by atoms with Gasteiger partial charge >= 0.3 is 6.09 Å². The lowest BCUT2D eigenvalue weighted by Gasteiger charge is -2.51. The third-order valence-electron chi connectivity index (χ3n) is 5.34. The molecule has 3 atom stereocenters. The molecule has 0 aliphatic carbocycles.